The van der Waals surface area contributed by atoms with Gasteiger partial charge in [0.25, 0.3) is 5.91 Å². The number of imidazole rings is 1. The molecule has 0 bridgehead atoms. The van der Waals surface area contributed by atoms with Gasteiger partial charge in [-0.1, -0.05) is 6.07 Å². The molecule has 1 amide bonds. The van der Waals surface area contributed by atoms with Crippen LogP contribution >= 0.6 is 0 Å². The van der Waals surface area contributed by atoms with Crippen molar-refractivity contribution in [3.63, 3.8) is 0 Å². The number of anilines is 2. The summed E-state index contributed by atoms with van der Waals surface area (Å²) in [5.41, 5.74) is 1.40. The van der Waals surface area contributed by atoms with Crippen LogP contribution in [0.4, 0.5) is 20.3 Å². The Kier molecular flexibility index (Phi) is 7.88. The van der Waals surface area contributed by atoms with E-state index in [4.69, 9.17) is 9.47 Å². The van der Waals surface area contributed by atoms with Gasteiger partial charge in [0, 0.05) is 50.8 Å². The number of fused-ring (bicyclic) bond motifs is 1. The van der Waals surface area contributed by atoms with Crippen molar-refractivity contribution in [1.82, 2.24) is 19.1 Å². The van der Waals surface area contributed by atoms with Crippen molar-refractivity contribution in [2.45, 2.75) is 37.6 Å². The molecule has 0 aliphatic carbocycles. The van der Waals surface area contributed by atoms with E-state index < -0.39 is 34.1 Å². The van der Waals surface area contributed by atoms with Crippen molar-refractivity contribution in [1.29, 1.82) is 0 Å². The summed E-state index contributed by atoms with van der Waals surface area (Å²) in [7, 11) is -3.02. The van der Waals surface area contributed by atoms with Crippen molar-refractivity contribution in [3.8, 4) is 5.75 Å². The zero-order chi connectivity index (χ0) is 30.1. The second-order valence-electron chi connectivity index (χ2n) is 10.5. The zero-order valence-electron chi connectivity index (χ0n) is 23.3. The Bertz CT molecular complexity index is 1730. The molecule has 2 aliphatic rings. The molecule has 5 heterocycles. The standard InChI is InChI=1S/C29H30F2N6O5S/c1-35(27-4-2-3-11-32-27)43(39,40)34-29(38)25-16-33-28-8-6-21(18-37(25)28)36-17-20(31)15-24(36)23-14-19(30)5-7-26(23)42-22-9-12-41-13-10-22/h2-8,11,14,16,18,20,22,24H,9-10,12-13,15,17H2,1H3,(H,34,38). The maximum absolute atomic E-state index is 15.0. The monoisotopic (exact) mass is 612 g/mol. The fourth-order valence-corrected chi connectivity index (χ4v) is 6.26. The van der Waals surface area contributed by atoms with Crippen molar-refractivity contribution < 1.29 is 31.5 Å². The number of carbonyl (C=O) groups excluding carboxylic acids is 1. The van der Waals surface area contributed by atoms with Crippen LogP contribution in [0.2, 0.25) is 0 Å². The lowest BCUT2D eigenvalue weighted by Gasteiger charge is -2.30. The molecule has 11 nitrogen and oxygen atoms in total. The number of hydrogen-bond donors (Lipinski definition) is 1. The molecule has 2 saturated heterocycles. The van der Waals surface area contributed by atoms with E-state index in [9.17, 15) is 22.0 Å². The first kappa shape index (κ1) is 28.8. The number of halogens is 2. The molecule has 2 fully saturated rings. The highest BCUT2D eigenvalue weighted by molar-refractivity contribution is 7.91. The highest BCUT2D eigenvalue weighted by Crippen LogP contribution is 2.42. The molecular formula is C29H30F2N6O5S. The van der Waals surface area contributed by atoms with E-state index in [0.717, 1.165) is 4.31 Å². The molecule has 14 heteroatoms. The van der Waals surface area contributed by atoms with Crippen LogP contribution in [0.3, 0.4) is 0 Å². The highest BCUT2D eigenvalue weighted by Gasteiger charge is 2.36. The molecular weight excluding hydrogens is 582 g/mol. The number of amides is 1. The minimum atomic E-state index is -4.29. The van der Waals surface area contributed by atoms with E-state index in [1.165, 1.54) is 42.0 Å². The van der Waals surface area contributed by atoms with E-state index >= 15 is 0 Å². The Balaban J connectivity index is 1.29. The van der Waals surface area contributed by atoms with E-state index in [-0.39, 0.29) is 30.6 Å². The Morgan fingerprint density at radius 1 is 1.14 bits per heavy atom. The van der Waals surface area contributed by atoms with Gasteiger partial charge in [0.2, 0.25) is 0 Å². The second-order valence-corrected chi connectivity index (χ2v) is 12.2. The van der Waals surface area contributed by atoms with Crippen molar-refractivity contribution in [2.24, 2.45) is 0 Å². The third-order valence-electron chi connectivity index (χ3n) is 7.65. The quantitative estimate of drug-likeness (QED) is 0.319. The summed E-state index contributed by atoms with van der Waals surface area (Å²) in [4.78, 5) is 23.2. The summed E-state index contributed by atoms with van der Waals surface area (Å²) >= 11 is 0. The van der Waals surface area contributed by atoms with Crippen LogP contribution in [0.15, 0.2) is 67.1 Å². The van der Waals surface area contributed by atoms with Crippen molar-refractivity contribution in [3.05, 3.63) is 84.2 Å². The smallest absolute Gasteiger partial charge is 0.327 e. The van der Waals surface area contributed by atoms with E-state index in [2.05, 4.69) is 9.97 Å². The summed E-state index contributed by atoms with van der Waals surface area (Å²) in [6.45, 7) is 1.18. The Labute approximate surface area is 247 Å². The normalized spacial score (nSPS) is 19.5. The minimum Gasteiger partial charge on any atom is -0.490 e. The summed E-state index contributed by atoms with van der Waals surface area (Å²) in [6, 6.07) is 11.9. The van der Waals surface area contributed by atoms with Gasteiger partial charge in [-0.2, -0.15) is 8.42 Å². The molecule has 0 radical (unpaired) electrons. The largest absolute Gasteiger partial charge is 0.490 e. The number of alkyl halides is 1. The van der Waals surface area contributed by atoms with E-state index in [1.807, 2.05) is 4.72 Å². The molecule has 4 aromatic rings. The SMILES string of the molecule is CN(c1ccccn1)S(=O)(=O)NC(=O)c1cnc2ccc(N3CC(F)CC3c3cc(F)ccc3OC3CCOCC3)cn12. The van der Waals surface area contributed by atoms with Gasteiger partial charge >= 0.3 is 10.2 Å². The number of ether oxygens (including phenoxy) is 2. The van der Waals surface area contributed by atoms with Gasteiger partial charge in [0.05, 0.1) is 31.1 Å². The average Bonchev–Trinajstić information content (AvgIpc) is 3.61. The molecule has 1 N–H and O–H groups in total. The van der Waals surface area contributed by atoms with E-state index in [0.29, 0.717) is 48.7 Å². The number of aromatic nitrogens is 3. The maximum Gasteiger partial charge on any atom is 0.327 e. The molecule has 2 atom stereocenters. The molecule has 0 spiro atoms. The molecule has 3 aromatic heterocycles. The second kappa shape index (κ2) is 11.8. The zero-order valence-corrected chi connectivity index (χ0v) is 24.1. The van der Waals surface area contributed by atoms with E-state index in [1.54, 1.807) is 41.4 Å². The summed E-state index contributed by atoms with van der Waals surface area (Å²) in [5, 5.41) is 0. The first-order chi connectivity index (χ1) is 20.7. The molecule has 2 aliphatic heterocycles. The van der Waals surface area contributed by atoms with Crippen LogP contribution in [0.25, 0.3) is 5.65 Å². The Hall–Kier alpha value is -4.30. The van der Waals surface area contributed by atoms with Gasteiger partial charge in [0.15, 0.2) is 0 Å². The van der Waals surface area contributed by atoms with Crippen molar-refractivity contribution in [2.75, 3.05) is 36.0 Å². The number of nitrogens with one attached hydrogen (secondary N) is 1. The number of hydrogen-bond acceptors (Lipinski definition) is 8. The first-order valence-electron chi connectivity index (χ1n) is 13.8. The molecule has 6 rings (SSSR count). The summed E-state index contributed by atoms with van der Waals surface area (Å²) < 4.78 is 71.3. The van der Waals surface area contributed by atoms with Gasteiger partial charge in [0.1, 0.15) is 41.0 Å². The van der Waals surface area contributed by atoms with Crippen LogP contribution in [0.5, 0.6) is 5.75 Å². The third kappa shape index (κ3) is 5.97. The molecule has 2 unspecified atom stereocenters. The topological polar surface area (TPSA) is 118 Å². The lowest BCUT2D eigenvalue weighted by atomic mass is 10.0. The fraction of sp³-hybridized carbons (Fsp3) is 0.345. The molecule has 1 aromatic carbocycles. The molecule has 43 heavy (non-hydrogen) atoms. The minimum absolute atomic E-state index is 0.0306. The number of nitrogens with zero attached hydrogens (tertiary/aromatic N) is 5. The predicted octanol–water partition coefficient (Wildman–Crippen LogP) is 3.83. The predicted molar refractivity (Wildman–Crippen MR) is 155 cm³/mol. The van der Waals surface area contributed by atoms with Crippen LogP contribution in [0.1, 0.15) is 41.4 Å². The first-order valence-corrected chi connectivity index (χ1v) is 15.3. The number of rotatable bonds is 8. The van der Waals surface area contributed by atoms with Gasteiger partial charge < -0.3 is 14.4 Å². The van der Waals surface area contributed by atoms with Gasteiger partial charge in [-0.25, -0.2) is 27.8 Å². The van der Waals surface area contributed by atoms with Crippen molar-refractivity contribution >= 4 is 33.3 Å². The van der Waals surface area contributed by atoms with Crippen LogP contribution in [-0.2, 0) is 14.9 Å². The van der Waals surface area contributed by atoms with Gasteiger partial charge in [-0.3, -0.25) is 9.20 Å². The number of carbonyl (C=O) groups is 1. The third-order valence-corrected chi connectivity index (χ3v) is 9.00. The Morgan fingerprint density at radius 3 is 2.72 bits per heavy atom. The average molecular weight is 613 g/mol. The lowest BCUT2D eigenvalue weighted by molar-refractivity contribution is 0.0250. The summed E-state index contributed by atoms with van der Waals surface area (Å²) in [5.74, 6) is -0.756. The van der Waals surface area contributed by atoms with Crippen LogP contribution in [-0.4, -0.2) is 67.8 Å². The lowest BCUT2D eigenvalue weighted by Crippen LogP contribution is -2.42. The summed E-state index contributed by atoms with van der Waals surface area (Å²) in [6.07, 6.45) is 4.52. The van der Waals surface area contributed by atoms with Gasteiger partial charge in [-0.15, -0.1) is 0 Å². The van der Waals surface area contributed by atoms with Crippen LogP contribution < -0.4 is 18.7 Å². The van der Waals surface area contributed by atoms with Crippen LogP contribution in [0, 0.1) is 5.82 Å². The Morgan fingerprint density at radius 2 is 1.95 bits per heavy atom. The molecule has 0 saturated carbocycles. The van der Waals surface area contributed by atoms with Gasteiger partial charge in [-0.05, 0) is 42.5 Å². The maximum atomic E-state index is 15.0. The number of benzene rings is 1. The number of pyridine rings is 2. The highest BCUT2D eigenvalue weighted by atomic mass is 32.2. The fourth-order valence-electron chi connectivity index (χ4n) is 5.43. The molecule has 226 valence electrons.